The Kier molecular flexibility index (Phi) is 6.60. The van der Waals surface area contributed by atoms with Crippen molar-refractivity contribution >= 4 is 27.7 Å². The van der Waals surface area contributed by atoms with Gasteiger partial charge in [0.15, 0.2) is 0 Å². The van der Waals surface area contributed by atoms with Gasteiger partial charge in [0.2, 0.25) is 11.8 Å². The van der Waals surface area contributed by atoms with E-state index >= 15 is 0 Å². The number of carbonyl (C=O) groups excluding carboxylic acids is 2. The van der Waals surface area contributed by atoms with Crippen LogP contribution in [0.25, 0.3) is 0 Å². The van der Waals surface area contributed by atoms with E-state index in [-0.39, 0.29) is 24.3 Å². The van der Waals surface area contributed by atoms with Crippen LogP contribution in [0, 0.1) is 11.3 Å². The smallest absolute Gasteiger partial charge is 0.236 e. The van der Waals surface area contributed by atoms with Crippen molar-refractivity contribution in [1.82, 2.24) is 10.2 Å². The van der Waals surface area contributed by atoms with E-state index in [1.165, 1.54) is 0 Å². The minimum atomic E-state index is -0.118. The number of likely N-dealkylation sites (tertiary alicyclic amines) is 1. The fourth-order valence-electron chi connectivity index (χ4n) is 2.66. The summed E-state index contributed by atoms with van der Waals surface area (Å²) in [6.45, 7) is 1.22. The predicted molar refractivity (Wildman–Crippen MR) is 90.4 cm³/mol. The highest BCUT2D eigenvalue weighted by atomic mass is 79.9. The number of benzene rings is 1. The van der Waals surface area contributed by atoms with Gasteiger partial charge in [-0.15, -0.1) is 0 Å². The molecule has 1 N–H and O–H groups in total. The number of carbonyl (C=O) groups is 2. The molecule has 5 nitrogen and oxygen atoms in total. The molecule has 0 unspecified atom stereocenters. The molecule has 1 aromatic carbocycles. The maximum atomic E-state index is 12.0. The van der Waals surface area contributed by atoms with Gasteiger partial charge < -0.3 is 10.2 Å². The standard InChI is InChI=1S/C17H20BrN3O2/c18-14-4-1-13(2-5-14)3-6-16(22)20-15-8-11-21(12-9-15)17(23)7-10-19/h1-2,4-5,15H,3,6-9,11-12H2,(H,20,22). The van der Waals surface area contributed by atoms with Crippen LogP contribution in [-0.4, -0.2) is 35.8 Å². The summed E-state index contributed by atoms with van der Waals surface area (Å²) in [7, 11) is 0. The van der Waals surface area contributed by atoms with Gasteiger partial charge in [-0.2, -0.15) is 5.26 Å². The van der Waals surface area contributed by atoms with Crippen LogP contribution in [0.2, 0.25) is 0 Å². The van der Waals surface area contributed by atoms with E-state index in [0.717, 1.165) is 29.3 Å². The zero-order valence-corrected chi connectivity index (χ0v) is 14.5. The lowest BCUT2D eigenvalue weighted by molar-refractivity contribution is -0.131. The van der Waals surface area contributed by atoms with E-state index in [9.17, 15) is 9.59 Å². The van der Waals surface area contributed by atoms with Crippen molar-refractivity contribution in [2.24, 2.45) is 0 Å². The molecule has 6 heteroatoms. The van der Waals surface area contributed by atoms with Gasteiger partial charge in [-0.05, 0) is 37.0 Å². The minimum absolute atomic E-state index is 0.0507. The number of rotatable bonds is 5. The van der Waals surface area contributed by atoms with E-state index in [2.05, 4.69) is 21.2 Å². The van der Waals surface area contributed by atoms with Crippen LogP contribution < -0.4 is 5.32 Å². The zero-order valence-electron chi connectivity index (χ0n) is 12.9. The Morgan fingerprint density at radius 3 is 2.52 bits per heavy atom. The second kappa shape index (κ2) is 8.68. The van der Waals surface area contributed by atoms with Gasteiger partial charge >= 0.3 is 0 Å². The van der Waals surface area contributed by atoms with Gasteiger partial charge in [0.1, 0.15) is 6.42 Å². The molecule has 1 saturated heterocycles. The molecule has 0 radical (unpaired) electrons. The third-order valence-electron chi connectivity index (χ3n) is 4.00. The summed E-state index contributed by atoms with van der Waals surface area (Å²) in [6.07, 6.45) is 2.63. The van der Waals surface area contributed by atoms with Crippen molar-refractivity contribution in [3.05, 3.63) is 34.3 Å². The number of hydrogen-bond donors (Lipinski definition) is 1. The first-order valence-corrected chi connectivity index (χ1v) is 8.56. The fourth-order valence-corrected chi connectivity index (χ4v) is 2.93. The molecule has 0 bridgehead atoms. The van der Waals surface area contributed by atoms with Gasteiger partial charge in [0.25, 0.3) is 0 Å². The Hall–Kier alpha value is -1.87. The number of aryl methyl sites for hydroxylation is 1. The predicted octanol–water partition coefficient (Wildman–Crippen LogP) is 2.40. The van der Waals surface area contributed by atoms with Gasteiger partial charge in [-0.25, -0.2) is 0 Å². The largest absolute Gasteiger partial charge is 0.353 e. The summed E-state index contributed by atoms with van der Waals surface area (Å²) < 4.78 is 1.03. The molecule has 0 spiro atoms. The number of piperidine rings is 1. The van der Waals surface area contributed by atoms with Gasteiger partial charge in [0.05, 0.1) is 6.07 Å². The van der Waals surface area contributed by atoms with Crippen LogP contribution in [0.4, 0.5) is 0 Å². The number of halogens is 1. The van der Waals surface area contributed by atoms with Crippen molar-refractivity contribution in [2.45, 2.75) is 38.1 Å². The Morgan fingerprint density at radius 1 is 1.26 bits per heavy atom. The van der Waals surface area contributed by atoms with Gasteiger partial charge in [-0.3, -0.25) is 9.59 Å². The van der Waals surface area contributed by atoms with Gasteiger partial charge in [-0.1, -0.05) is 28.1 Å². The number of hydrogen-bond acceptors (Lipinski definition) is 3. The number of nitrogens with zero attached hydrogens (tertiary/aromatic N) is 2. The lowest BCUT2D eigenvalue weighted by atomic mass is 10.0. The average molecular weight is 378 g/mol. The quantitative estimate of drug-likeness (QED) is 0.855. The summed E-state index contributed by atoms with van der Waals surface area (Å²) in [6, 6.07) is 9.97. The molecular weight excluding hydrogens is 358 g/mol. The van der Waals surface area contributed by atoms with E-state index in [1.807, 2.05) is 30.3 Å². The Labute approximate surface area is 144 Å². The third-order valence-corrected chi connectivity index (χ3v) is 4.53. The van der Waals surface area contributed by atoms with Crippen LogP contribution in [0.1, 0.15) is 31.2 Å². The monoisotopic (exact) mass is 377 g/mol. The van der Waals surface area contributed by atoms with E-state index < -0.39 is 0 Å². The molecule has 0 aliphatic carbocycles. The molecule has 1 fully saturated rings. The van der Waals surface area contributed by atoms with E-state index in [1.54, 1.807) is 4.90 Å². The summed E-state index contributed by atoms with van der Waals surface area (Å²) in [4.78, 5) is 25.4. The Bertz CT molecular complexity index is 587. The van der Waals surface area contributed by atoms with Crippen LogP contribution in [0.5, 0.6) is 0 Å². The Morgan fingerprint density at radius 2 is 1.91 bits per heavy atom. The lowest BCUT2D eigenvalue weighted by Crippen LogP contribution is -2.46. The summed E-state index contributed by atoms with van der Waals surface area (Å²) >= 11 is 3.39. The van der Waals surface area contributed by atoms with E-state index in [4.69, 9.17) is 5.26 Å². The van der Waals surface area contributed by atoms with Crippen LogP contribution in [-0.2, 0) is 16.0 Å². The first-order chi connectivity index (χ1) is 11.1. The molecule has 0 atom stereocenters. The highest BCUT2D eigenvalue weighted by Crippen LogP contribution is 2.13. The molecular formula is C17H20BrN3O2. The molecule has 0 aromatic heterocycles. The number of nitriles is 1. The van der Waals surface area contributed by atoms with Crippen molar-refractivity contribution in [1.29, 1.82) is 5.26 Å². The first-order valence-electron chi connectivity index (χ1n) is 7.77. The van der Waals surface area contributed by atoms with Crippen molar-refractivity contribution in [2.75, 3.05) is 13.1 Å². The zero-order chi connectivity index (χ0) is 16.7. The van der Waals surface area contributed by atoms with Crippen LogP contribution in [0.3, 0.4) is 0 Å². The second-order valence-electron chi connectivity index (χ2n) is 5.68. The molecule has 1 aliphatic heterocycles. The molecule has 1 heterocycles. The lowest BCUT2D eigenvalue weighted by Gasteiger charge is -2.32. The highest BCUT2D eigenvalue weighted by molar-refractivity contribution is 9.10. The molecule has 2 rings (SSSR count). The molecule has 23 heavy (non-hydrogen) atoms. The molecule has 1 aromatic rings. The maximum absolute atomic E-state index is 12.0. The van der Waals surface area contributed by atoms with Crippen LogP contribution in [0.15, 0.2) is 28.7 Å². The summed E-state index contributed by atoms with van der Waals surface area (Å²) in [5, 5.41) is 11.6. The van der Waals surface area contributed by atoms with Crippen molar-refractivity contribution < 1.29 is 9.59 Å². The highest BCUT2D eigenvalue weighted by Gasteiger charge is 2.23. The van der Waals surface area contributed by atoms with Gasteiger partial charge in [0, 0.05) is 30.0 Å². The number of nitrogens with one attached hydrogen (secondary N) is 1. The summed E-state index contributed by atoms with van der Waals surface area (Å²) in [5.41, 5.74) is 1.14. The maximum Gasteiger partial charge on any atom is 0.236 e. The average Bonchev–Trinajstić information content (AvgIpc) is 2.55. The molecule has 122 valence electrons. The minimum Gasteiger partial charge on any atom is -0.353 e. The Balaban J connectivity index is 1.69. The van der Waals surface area contributed by atoms with Crippen molar-refractivity contribution in [3.63, 3.8) is 0 Å². The molecule has 1 aliphatic rings. The number of amides is 2. The van der Waals surface area contributed by atoms with Crippen LogP contribution >= 0.6 is 15.9 Å². The SMILES string of the molecule is N#CCC(=O)N1CCC(NC(=O)CCc2ccc(Br)cc2)CC1. The van der Waals surface area contributed by atoms with Crippen molar-refractivity contribution in [3.8, 4) is 6.07 Å². The van der Waals surface area contributed by atoms with E-state index in [0.29, 0.717) is 19.5 Å². The first kappa shape index (κ1) is 17.5. The molecule has 0 saturated carbocycles. The third kappa shape index (κ3) is 5.68. The second-order valence-corrected chi connectivity index (χ2v) is 6.60. The fraction of sp³-hybridized carbons (Fsp3) is 0.471. The normalized spacial score (nSPS) is 15.0. The summed E-state index contributed by atoms with van der Waals surface area (Å²) in [5.74, 6) is -0.0674. The topological polar surface area (TPSA) is 73.2 Å². The molecule has 2 amide bonds.